The first kappa shape index (κ1) is 10.5. The Morgan fingerprint density at radius 3 is 2.40 bits per heavy atom. The third-order valence-corrected chi connectivity index (χ3v) is 3.81. The zero-order chi connectivity index (χ0) is 10.8. The summed E-state index contributed by atoms with van der Waals surface area (Å²) < 4.78 is 11.2. The van der Waals surface area contributed by atoms with Gasteiger partial charge in [-0.1, -0.05) is 12.1 Å². The highest BCUT2D eigenvalue weighted by atomic mass is 32.2. The van der Waals surface area contributed by atoms with Crippen molar-refractivity contribution < 1.29 is 4.21 Å². The van der Waals surface area contributed by atoms with Gasteiger partial charge in [0.25, 0.3) is 0 Å². The summed E-state index contributed by atoms with van der Waals surface area (Å²) in [6.45, 7) is 1.99. The second-order valence-electron chi connectivity index (χ2n) is 3.23. The summed E-state index contributed by atoms with van der Waals surface area (Å²) in [7, 11) is -0.906. The van der Waals surface area contributed by atoms with Gasteiger partial charge in [0.1, 0.15) is 0 Å². The van der Waals surface area contributed by atoms with E-state index >= 15 is 0 Å². The molecule has 0 spiro atoms. The van der Waals surface area contributed by atoms with E-state index in [4.69, 9.17) is 0 Å². The maximum atomic E-state index is 11.2. The average Bonchev–Trinajstić information content (AvgIpc) is 2.65. The fraction of sp³-hybridized carbons (Fsp3) is 0.182. The zero-order valence-corrected chi connectivity index (χ0v) is 10.2. The van der Waals surface area contributed by atoms with Crippen LogP contribution in [0.5, 0.6) is 0 Å². The molecule has 1 aromatic heterocycles. The van der Waals surface area contributed by atoms with E-state index in [1.807, 2.05) is 36.6 Å². The predicted molar refractivity (Wildman–Crippen MR) is 64.6 cm³/mol. The van der Waals surface area contributed by atoms with E-state index in [0.29, 0.717) is 0 Å². The molecule has 0 aliphatic rings. The molecule has 0 saturated heterocycles. The van der Waals surface area contributed by atoms with E-state index in [9.17, 15) is 4.21 Å². The minimum Gasteiger partial charge on any atom is -0.255 e. The quantitative estimate of drug-likeness (QED) is 0.804. The third kappa shape index (κ3) is 2.33. The summed E-state index contributed by atoms with van der Waals surface area (Å²) in [4.78, 5) is 5.25. The standard InChI is InChI=1S/C11H11NOS2/c1-8-12-11(7-14-8)9-3-5-10(6-4-9)15(2)13/h3-7H,1-2H3. The third-order valence-electron chi connectivity index (χ3n) is 2.10. The predicted octanol–water partition coefficient (Wildman–Crippen LogP) is 2.86. The van der Waals surface area contributed by atoms with Crippen LogP contribution in [-0.2, 0) is 10.8 Å². The number of aromatic nitrogens is 1. The van der Waals surface area contributed by atoms with Crippen LogP contribution in [0.1, 0.15) is 5.01 Å². The summed E-state index contributed by atoms with van der Waals surface area (Å²) in [5, 5.41) is 3.10. The Labute approximate surface area is 95.5 Å². The maximum absolute atomic E-state index is 11.2. The molecule has 15 heavy (non-hydrogen) atoms. The lowest BCUT2D eigenvalue weighted by Crippen LogP contribution is -1.86. The van der Waals surface area contributed by atoms with Gasteiger partial charge in [0, 0.05) is 32.9 Å². The Morgan fingerprint density at radius 2 is 1.93 bits per heavy atom. The lowest BCUT2D eigenvalue weighted by atomic mass is 10.2. The van der Waals surface area contributed by atoms with Gasteiger partial charge in [-0.15, -0.1) is 11.3 Å². The SMILES string of the molecule is Cc1nc(-c2ccc(S(C)=O)cc2)cs1. The van der Waals surface area contributed by atoms with E-state index in [0.717, 1.165) is 21.2 Å². The first-order chi connectivity index (χ1) is 7.16. The molecule has 0 aliphatic heterocycles. The molecule has 0 saturated carbocycles. The van der Waals surface area contributed by atoms with Gasteiger partial charge in [0.05, 0.1) is 10.7 Å². The highest BCUT2D eigenvalue weighted by Gasteiger charge is 2.02. The van der Waals surface area contributed by atoms with Crippen molar-refractivity contribution in [1.29, 1.82) is 0 Å². The van der Waals surface area contributed by atoms with Crippen molar-refractivity contribution in [3.05, 3.63) is 34.7 Å². The highest BCUT2D eigenvalue weighted by molar-refractivity contribution is 7.84. The van der Waals surface area contributed by atoms with Gasteiger partial charge in [-0.05, 0) is 19.1 Å². The first-order valence-corrected chi connectivity index (χ1v) is 6.96. The minimum atomic E-state index is -0.906. The molecule has 0 fully saturated rings. The van der Waals surface area contributed by atoms with Gasteiger partial charge in [-0.25, -0.2) is 4.98 Å². The monoisotopic (exact) mass is 237 g/mol. The van der Waals surface area contributed by atoms with Crippen LogP contribution in [-0.4, -0.2) is 15.4 Å². The van der Waals surface area contributed by atoms with Crippen LogP contribution < -0.4 is 0 Å². The molecule has 1 unspecified atom stereocenters. The molecule has 0 bridgehead atoms. The summed E-state index contributed by atoms with van der Waals surface area (Å²) in [6.07, 6.45) is 1.68. The molecule has 1 aromatic carbocycles. The zero-order valence-electron chi connectivity index (χ0n) is 8.56. The van der Waals surface area contributed by atoms with Crippen LogP contribution >= 0.6 is 11.3 Å². The normalized spacial score (nSPS) is 12.7. The minimum absolute atomic E-state index is 0.853. The van der Waals surface area contributed by atoms with E-state index in [2.05, 4.69) is 4.98 Å². The highest BCUT2D eigenvalue weighted by Crippen LogP contribution is 2.22. The van der Waals surface area contributed by atoms with Crippen molar-refractivity contribution in [2.45, 2.75) is 11.8 Å². The fourth-order valence-electron chi connectivity index (χ4n) is 1.31. The smallest absolute Gasteiger partial charge is 0.0901 e. The molecular formula is C11H11NOS2. The van der Waals surface area contributed by atoms with E-state index < -0.39 is 10.8 Å². The molecule has 1 heterocycles. The van der Waals surface area contributed by atoms with E-state index in [1.165, 1.54) is 0 Å². The van der Waals surface area contributed by atoms with Crippen molar-refractivity contribution in [2.24, 2.45) is 0 Å². The van der Waals surface area contributed by atoms with Gasteiger partial charge in [-0.2, -0.15) is 0 Å². The number of rotatable bonds is 2. The Kier molecular flexibility index (Phi) is 2.98. The summed E-state index contributed by atoms with van der Waals surface area (Å²) in [5.41, 5.74) is 2.07. The van der Waals surface area contributed by atoms with Crippen LogP contribution in [0.4, 0.5) is 0 Å². The molecule has 0 amide bonds. The van der Waals surface area contributed by atoms with Crippen molar-refractivity contribution in [1.82, 2.24) is 4.98 Å². The Morgan fingerprint density at radius 1 is 1.27 bits per heavy atom. The van der Waals surface area contributed by atoms with Crippen molar-refractivity contribution in [3.8, 4) is 11.3 Å². The second-order valence-corrected chi connectivity index (χ2v) is 5.67. The van der Waals surface area contributed by atoms with Crippen molar-refractivity contribution >= 4 is 22.1 Å². The molecular weight excluding hydrogens is 226 g/mol. The van der Waals surface area contributed by atoms with E-state index in [-0.39, 0.29) is 0 Å². The average molecular weight is 237 g/mol. The number of hydrogen-bond donors (Lipinski definition) is 0. The van der Waals surface area contributed by atoms with Gasteiger partial charge < -0.3 is 0 Å². The van der Waals surface area contributed by atoms with E-state index in [1.54, 1.807) is 17.6 Å². The second kappa shape index (κ2) is 4.24. The maximum Gasteiger partial charge on any atom is 0.0901 e. The van der Waals surface area contributed by atoms with Crippen molar-refractivity contribution in [2.75, 3.05) is 6.26 Å². The molecule has 78 valence electrons. The van der Waals surface area contributed by atoms with Gasteiger partial charge in [0.2, 0.25) is 0 Å². The molecule has 2 rings (SSSR count). The molecule has 0 radical (unpaired) electrons. The topological polar surface area (TPSA) is 30.0 Å². The molecule has 0 aliphatic carbocycles. The molecule has 1 atom stereocenters. The van der Waals surface area contributed by atoms with Crippen molar-refractivity contribution in [3.63, 3.8) is 0 Å². The van der Waals surface area contributed by atoms with Gasteiger partial charge >= 0.3 is 0 Å². The van der Waals surface area contributed by atoms with Crippen LogP contribution in [0.15, 0.2) is 34.5 Å². The first-order valence-electron chi connectivity index (χ1n) is 4.53. The molecule has 4 heteroatoms. The Balaban J connectivity index is 2.35. The molecule has 2 nitrogen and oxygen atoms in total. The summed E-state index contributed by atoms with van der Waals surface area (Å²) in [5.74, 6) is 0. The number of aryl methyl sites for hydroxylation is 1. The number of thiazole rings is 1. The Bertz CT molecular complexity index is 488. The largest absolute Gasteiger partial charge is 0.255 e. The van der Waals surface area contributed by atoms with Crippen LogP contribution in [0.25, 0.3) is 11.3 Å². The lowest BCUT2D eigenvalue weighted by molar-refractivity contribution is 0.687. The Hall–Kier alpha value is -1.00. The van der Waals surface area contributed by atoms with Crippen LogP contribution in [0.2, 0.25) is 0 Å². The number of nitrogens with zero attached hydrogens (tertiary/aromatic N) is 1. The number of benzene rings is 1. The summed E-state index contributed by atoms with van der Waals surface area (Å²) >= 11 is 1.64. The number of hydrogen-bond acceptors (Lipinski definition) is 3. The fourth-order valence-corrected chi connectivity index (χ4v) is 2.45. The molecule has 0 N–H and O–H groups in total. The van der Waals surface area contributed by atoms with Gasteiger partial charge in [-0.3, -0.25) is 4.21 Å². The lowest BCUT2D eigenvalue weighted by Gasteiger charge is -1.98. The molecule has 2 aromatic rings. The van der Waals surface area contributed by atoms with Gasteiger partial charge in [0.15, 0.2) is 0 Å². The van der Waals surface area contributed by atoms with Crippen LogP contribution in [0.3, 0.4) is 0 Å². The van der Waals surface area contributed by atoms with Crippen LogP contribution in [0, 0.1) is 6.92 Å². The summed E-state index contributed by atoms with van der Waals surface area (Å²) in [6, 6.07) is 7.71.